The Labute approximate surface area is 95.5 Å². The molecule has 0 aromatic heterocycles. The highest BCUT2D eigenvalue weighted by Crippen LogP contribution is 2.09. The zero-order valence-corrected chi connectivity index (χ0v) is 10.4. The summed E-state index contributed by atoms with van der Waals surface area (Å²) in [7, 11) is 1.41. The van der Waals surface area contributed by atoms with Crippen molar-refractivity contribution in [3.63, 3.8) is 0 Å². The molecule has 6 heteroatoms. The molecule has 0 unspecified atom stereocenters. The molecule has 16 heavy (non-hydrogen) atoms. The van der Waals surface area contributed by atoms with E-state index in [9.17, 15) is 9.59 Å². The molecular formula is C10H20N2O4. The molecule has 0 saturated carbocycles. The Morgan fingerprint density at radius 2 is 1.75 bits per heavy atom. The van der Waals surface area contributed by atoms with Crippen molar-refractivity contribution < 1.29 is 19.1 Å². The molecule has 0 aromatic rings. The number of primary amides is 1. The predicted molar refractivity (Wildman–Crippen MR) is 58.8 cm³/mol. The van der Waals surface area contributed by atoms with Crippen molar-refractivity contribution in [2.75, 3.05) is 13.7 Å². The van der Waals surface area contributed by atoms with Crippen molar-refractivity contribution in [1.82, 2.24) is 5.32 Å². The lowest BCUT2D eigenvalue weighted by atomic mass is 10.0. The van der Waals surface area contributed by atoms with Crippen LogP contribution in [0.1, 0.15) is 27.7 Å². The molecule has 0 saturated heterocycles. The molecule has 0 fully saturated rings. The first-order chi connectivity index (χ1) is 7.10. The van der Waals surface area contributed by atoms with Gasteiger partial charge in [0.05, 0.1) is 6.61 Å². The van der Waals surface area contributed by atoms with Crippen LogP contribution in [0.4, 0.5) is 4.79 Å². The van der Waals surface area contributed by atoms with Crippen LogP contribution in [-0.4, -0.2) is 36.9 Å². The molecule has 0 aliphatic rings. The van der Waals surface area contributed by atoms with Crippen LogP contribution in [0.15, 0.2) is 0 Å². The Hall–Kier alpha value is -1.30. The van der Waals surface area contributed by atoms with Gasteiger partial charge in [0.25, 0.3) is 0 Å². The van der Waals surface area contributed by atoms with E-state index in [0.717, 1.165) is 0 Å². The number of hydrogen-bond donors (Lipinski definition) is 2. The number of ether oxygens (including phenoxy) is 2. The van der Waals surface area contributed by atoms with E-state index in [4.69, 9.17) is 15.2 Å². The highest BCUT2D eigenvalue weighted by atomic mass is 16.6. The standard InChI is InChI=1S/C10H20N2O4/c1-9(2,3)16-8(14)12-10(4,6-15-5)7(11)13/h6H2,1-5H3,(H2,11,13)(H,12,14)/t10-/m1/s1. The number of alkyl carbamates (subject to hydrolysis) is 1. The van der Waals surface area contributed by atoms with E-state index in [1.807, 2.05) is 0 Å². The first-order valence-corrected chi connectivity index (χ1v) is 4.91. The molecule has 0 radical (unpaired) electrons. The summed E-state index contributed by atoms with van der Waals surface area (Å²) >= 11 is 0. The number of methoxy groups -OCH3 is 1. The van der Waals surface area contributed by atoms with Gasteiger partial charge >= 0.3 is 6.09 Å². The van der Waals surface area contributed by atoms with Gasteiger partial charge < -0.3 is 20.5 Å². The van der Waals surface area contributed by atoms with Crippen molar-refractivity contribution in [3.8, 4) is 0 Å². The second kappa shape index (κ2) is 5.16. The number of nitrogens with one attached hydrogen (secondary N) is 1. The normalized spacial score (nSPS) is 15.1. The first kappa shape index (κ1) is 14.7. The maximum Gasteiger partial charge on any atom is 0.408 e. The molecule has 94 valence electrons. The lowest BCUT2D eigenvalue weighted by Crippen LogP contribution is -2.58. The number of carbonyl (C=O) groups excluding carboxylic acids is 2. The van der Waals surface area contributed by atoms with Gasteiger partial charge in [-0.15, -0.1) is 0 Å². The summed E-state index contributed by atoms with van der Waals surface area (Å²) in [5.41, 5.74) is 3.28. The van der Waals surface area contributed by atoms with Gasteiger partial charge in [-0.05, 0) is 27.7 Å². The Morgan fingerprint density at radius 3 is 2.06 bits per heavy atom. The van der Waals surface area contributed by atoms with Crippen LogP contribution in [0.5, 0.6) is 0 Å². The van der Waals surface area contributed by atoms with Crippen LogP contribution < -0.4 is 11.1 Å². The van der Waals surface area contributed by atoms with Gasteiger partial charge in [0, 0.05) is 7.11 Å². The minimum atomic E-state index is -1.27. The highest BCUT2D eigenvalue weighted by Gasteiger charge is 2.34. The van der Waals surface area contributed by atoms with Crippen molar-refractivity contribution in [2.24, 2.45) is 5.73 Å². The van der Waals surface area contributed by atoms with Gasteiger partial charge in [-0.3, -0.25) is 4.79 Å². The molecule has 0 heterocycles. The minimum absolute atomic E-state index is 0.0123. The van der Waals surface area contributed by atoms with Gasteiger partial charge in [0.2, 0.25) is 5.91 Å². The lowest BCUT2D eigenvalue weighted by Gasteiger charge is -2.28. The quantitative estimate of drug-likeness (QED) is 0.734. The first-order valence-electron chi connectivity index (χ1n) is 4.91. The van der Waals surface area contributed by atoms with E-state index in [1.165, 1.54) is 14.0 Å². The third kappa shape index (κ3) is 4.97. The maximum absolute atomic E-state index is 11.5. The Morgan fingerprint density at radius 1 is 1.25 bits per heavy atom. The molecule has 0 aliphatic heterocycles. The fourth-order valence-electron chi connectivity index (χ4n) is 0.986. The molecule has 0 aromatic carbocycles. The summed E-state index contributed by atoms with van der Waals surface area (Å²) < 4.78 is 9.84. The molecular weight excluding hydrogens is 212 g/mol. The van der Waals surface area contributed by atoms with Crippen molar-refractivity contribution in [3.05, 3.63) is 0 Å². The molecule has 0 rings (SSSR count). The Bertz CT molecular complexity index is 272. The summed E-state index contributed by atoms with van der Waals surface area (Å²) in [6.07, 6.45) is -0.703. The van der Waals surface area contributed by atoms with Crippen LogP contribution in [0.2, 0.25) is 0 Å². The van der Waals surface area contributed by atoms with Gasteiger partial charge in [0.15, 0.2) is 0 Å². The highest BCUT2D eigenvalue weighted by molar-refractivity contribution is 5.88. The average Bonchev–Trinajstić information content (AvgIpc) is 1.99. The molecule has 0 aliphatic carbocycles. The number of hydrogen-bond acceptors (Lipinski definition) is 4. The Kier molecular flexibility index (Phi) is 4.74. The third-order valence-corrected chi connectivity index (χ3v) is 1.75. The van der Waals surface area contributed by atoms with Crippen molar-refractivity contribution in [1.29, 1.82) is 0 Å². The molecule has 6 nitrogen and oxygen atoms in total. The topological polar surface area (TPSA) is 90.7 Å². The third-order valence-electron chi connectivity index (χ3n) is 1.75. The SMILES string of the molecule is COC[C@@](C)(NC(=O)OC(C)(C)C)C(N)=O. The molecule has 2 amide bonds. The minimum Gasteiger partial charge on any atom is -0.444 e. The van der Waals surface area contributed by atoms with Crippen molar-refractivity contribution in [2.45, 2.75) is 38.8 Å². The fraction of sp³-hybridized carbons (Fsp3) is 0.800. The average molecular weight is 232 g/mol. The predicted octanol–water partition coefficient (Wildman–Crippen LogP) is 0.401. The van der Waals surface area contributed by atoms with E-state index in [0.29, 0.717) is 0 Å². The molecule has 0 bridgehead atoms. The van der Waals surface area contributed by atoms with Crippen LogP contribution in [0, 0.1) is 0 Å². The number of rotatable bonds is 4. The molecule has 1 atom stereocenters. The smallest absolute Gasteiger partial charge is 0.408 e. The van der Waals surface area contributed by atoms with Gasteiger partial charge in [0.1, 0.15) is 11.1 Å². The van der Waals surface area contributed by atoms with Crippen LogP contribution in [0.3, 0.4) is 0 Å². The summed E-state index contributed by atoms with van der Waals surface area (Å²) in [6.45, 7) is 6.64. The summed E-state index contributed by atoms with van der Waals surface area (Å²) in [6, 6.07) is 0. The van der Waals surface area contributed by atoms with E-state index in [1.54, 1.807) is 20.8 Å². The second-order valence-electron chi connectivity index (χ2n) is 4.76. The number of nitrogens with two attached hydrogens (primary N) is 1. The van der Waals surface area contributed by atoms with Gasteiger partial charge in [-0.2, -0.15) is 0 Å². The largest absolute Gasteiger partial charge is 0.444 e. The van der Waals surface area contributed by atoms with Crippen LogP contribution >= 0.6 is 0 Å². The monoisotopic (exact) mass is 232 g/mol. The summed E-state index contributed by atoms with van der Waals surface area (Å²) in [5.74, 6) is -0.680. The lowest BCUT2D eigenvalue weighted by molar-refractivity contribution is -0.125. The Balaban J connectivity index is 4.53. The van der Waals surface area contributed by atoms with Crippen LogP contribution in [-0.2, 0) is 14.3 Å². The number of carbonyl (C=O) groups is 2. The van der Waals surface area contributed by atoms with Gasteiger partial charge in [-0.1, -0.05) is 0 Å². The molecule has 3 N–H and O–H groups in total. The maximum atomic E-state index is 11.5. The zero-order valence-electron chi connectivity index (χ0n) is 10.4. The summed E-state index contributed by atoms with van der Waals surface area (Å²) in [4.78, 5) is 22.6. The van der Waals surface area contributed by atoms with E-state index in [2.05, 4.69) is 5.32 Å². The fourth-order valence-corrected chi connectivity index (χ4v) is 0.986. The summed E-state index contributed by atoms with van der Waals surface area (Å²) in [5, 5.41) is 2.39. The van der Waals surface area contributed by atoms with E-state index < -0.39 is 23.1 Å². The van der Waals surface area contributed by atoms with E-state index in [-0.39, 0.29) is 6.61 Å². The van der Waals surface area contributed by atoms with Crippen LogP contribution in [0.25, 0.3) is 0 Å². The van der Waals surface area contributed by atoms with Gasteiger partial charge in [-0.25, -0.2) is 4.79 Å². The molecule has 0 spiro atoms. The zero-order chi connectivity index (χ0) is 13.0. The van der Waals surface area contributed by atoms with Crippen molar-refractivity contribution >= 4 is 12.0 Å². The van der Waals surface area contributed by atoms with E-state index >= 15 is 0 Å². The second-order valence-corrected chi connectivity index (χ2v) is 4.76. The number of amides is 2.